The van der Waals surface area contributed by atoms with Gasteiger partial charge < -0.3 is 19.1 Å². The van der Waals surface area contributed by atoms with E-state index in [1.165, 1.54) is 0 Å². The molecule has 3 heterocycles. The lowest BCUT2D eigenvalue weighted by atomic mass is 10.2. The van der Waals surface area contributed by atoms with E-state index in [-0.39, 0.29) is 17.6 Å². The highest BCUT2D eigenvalue weighted by Crippen LogP contribution is 2.10. The molecule has 2 fully saturated rings. The van der Waals surface area contributed by atoms with Crippen LogP contribution in [-0.4, -0.2) is 90.7 Å². The fourth-order valence-electron chi connectivity index (χ4n) is 2.83. The summed E-state index contributed by atoms with van der Waals surface area (Å²) < 4.78 is 10.3. The van der Waals surface area contributed by atoms with Crippen LogP contribution in [0.25, 0.3) is 0 Å². The van der Waals surface area contributed by atoms with Crippen LogP contribution in [0.2, 0.25) is 0 Å². The lowest BCUT2D eigenvalue weighted by Gasteiger charge is -2.36. The predicted octanol–water partition coefficient (Wildman–Crippen LogP) is -0.400. The van der Waals surface area contributed by atoms with E-state index >= 15 is 0 Å². The topological polar surface area (TPSA) is 79.1 Å². The maximum Gasteiger partial charge on any atom is 0.292 e. The summed E-state index contributed by atoms with van der Waals surface area (Å²) in [5.74, 6) is 0.219. The van der Waals surface area contributed by atoms with E-state index in [1.54, 1.807) is 17.9 Å². The number of rotatable bonds is 3. The Hall–Kier alpha value is -1.93. The van der Waals surface area contributed by atoms with E-state index in [0.29, 0.717) is 51.6 Å². The molecule has 3 rings (SSSR count). The van der Waals surface area contributed by atoms with Crippen LogP contribution in [0.15, 0.2) is 10.6 Å². The molecule has 0 radical (unpaired) electrons. The summed E-state index contributed by atoms with van der Waals surface area (Å²) in [7, 11) is 0. The normalized spacial score (nSPS) is 19.9. The molecule has 2 saturated heterocycles. The monoisotopic (exact) mass is 322 g/mol. The van der Waals surface area contributed by atoms with Crippen LogP contribution in [0, 0.1) is 6.92 Å². The fraction of sp³-hybridized carbons (Fsp3) is 0.667. The number of morpholine rings is 1. The summed E-state index contributed by atoms with van der Waals surface area (Å²) in [6, 6.07) is 1.64. The summed E-state index contributed by atoms with van der Waals surface area (Å²) >= 11 is 0. The van der Waals surface area contributed by atoms with E-state index in [1.807, 2.05) is 4.90 Å². The summed E-state index contributed by atoms with van der Waals surface area (Å²) in [6.07, 6.45) is 0. The number of piperazine rings is 1. The van der Waals surface area contributed by atoms with Crippen molar-refractivity contribution in [3.05, 3.63) is 17.5 Å². The third-order valence-electron chi connectivity index (χ3n) is 4.22. The minimum absolute atomic E-state index is 0.120. The molecule has 8 heteroatoms. The number of carbonyl (C=O) groups is 2. The van der Waals surface area contributed by atoms with Gasteiger partial charge in [0.1, 0.15) is 0 Å². The molecule has 0 aromatic carbocycles. The van der Waals surface area contributed by atoms with Gasteiger partial charge in [-0.3, -0.25) is 14.5 Å². The van der Waals surface area contributed by atoms with Crippen LogP contribution in [0.5, 0.6) is 0 Å². The number of ether oxygens (including phenoxy) is 1. The van der Waals surface area contributed by atoms with Crippen molar-refractivity contribution in [2.24, 2.45) is 0 Å². The van der Waals surface area contributed by atoms with Gasteiger partial charge in [0.2, 0.25) is 11.7 Å². The Balaban J connectivity index is 1.47. The van der Waals surface area contributed by atoms with Crippen molar-refractivity contribution in [2.45, 2.75) is 6.92 Å². The summed E-state index contributed by atoms with van der Waals surface area (Å²) in [5.41, 5.74) is 0.688. The first-order chi connectivity index (χ1) is 11.1. The first-order valence-electron chi connectivity index (χ1n) is 7.94. The SMILES string of the molecule is Cc1cc(C(=O)N2CCN(C(=O)CN3CCOCC3)CC2)on1. The van der Waals surface area contributed by atoms with Gasteiger partial charge in [0.25, 0.3) is 5.91 Å². The molecule has 2 amide bonds. The van der Waals surface area contributed by atoms with Crippen LogP contribution >= 0.6 is 0 Å². The number of aromatic nitrogens is 1. The number of hydrogen-bond donors (Lipinski definition) is 0. The van der Waals surface area contributed by atoms with Crippen LogP contribution in [0.4, 0.5) is 0 Å². The minimum atomic E-state index is -0.161. The standard InChI is InChI=1S/C15H22N4O4/c1-12-10-13(23-16-12)15(21)19-4-2-18(3-5-19)14(20)11-17-6-8-22-9-7-17/h10H,2-9,11H2,1H3. The molecule has 0 N–H and O–H groups in total. The smallest absolute Gasteiger partial charge is 0.292 e. The van der Waals surface area contributed by atoms with Crippen molar-refractivity contribution < 1.29 is 18.8 Å². The number of nitrogens with zero attached hydrogens (tertiary/aromatic N) is 4. The molecule has 1 aromatic rings. The molecular weight excluding hydrogens is 300 g/mol. The lowest BCUT2D eigenvalue weighted by Crippen LogP contribution is -2.53. The Morgan fingerprint density at radius 1 is 1.09 bits per heavy atom. The number of aryl methyl sites for hydroxylation is 1. The second kappa shape index (κ2) is 7.10. The third kappa shape index (κ3) is 3.89. The van der Waals surface area contributed by atoms with Crippen LogP contribution in [0.1, 0.15) is 16.2 Å². The first kappa shape index (κ1) is 15.9. The Morgan fingerprint density at radius 2 is 1.74 bits per heavy atom. The van der Waals surface area contributed by atoms with Gasteiger partial charge in [-0.1, -0.05) is 5.16 Å². The fourth-order valence-corrected chi connectivity index (χ4v) is 2.83. The van der Waals surface area contributed by atoms with Gasteiger partial charge in [-0.25, -0.2) is 0 Å². The minimum Gasteiger partial charge on any atom is -0.379 e. The van der Waals surface area contributed by atoms with Crippen LogP contribution in [-0.2, 0) is 9.53 Å². The molecule has 23 heavy (non-hydrogen) atoms. The van der Waals surface area contributed by atoms with Crippen molar-refractivity contribution >= 4 is 11.8 Å². The molecule has 2 aliphatic rings. The van der Waals surface area contributed by atoms with E-state index in [0.717, 1.165) is 13.1 Å². The van der Waals surface area contributed by atoms with Crippen molar-refractivity contribution in [3.8, 4) is 0 Å². The third-order valence-corrected chi connectivity index (χ3v) is 4.22. The highest BCUT2D eigenvalue weighted by atomic mass is 16.5. The number of hydrogen-bond acceptors (Lipinski definition) is 6. The van der Waals surface area contributed by atoms with Crippen LogP contribution < -0.4 is 0 Å². The van der Waals surface area contributed by atoms with Gasteiger partial charge in [-0.2, -0.15) is 0 Å². The molecule has 2 aliphatic heterocycles. The first-order valence-corrected chi connectivity index (χ1v) is 7.94. The zero-order valence-corrected chi connectivity index (χ0v) is 13.4. The molecule has 0 spiro atoms. The van der Waals surface area contributed by atoms with Gasteiger partial charge in [0.05, 0.1) is 25.5 Å². The Bertz CT molecular complexity index is 560. The van der Waals surface area contributed by atoms with Gasteiger partial charge in [0, 0.05) is 45.3 Å². The van der Waals surface area contributed by atoms with Crippen molar-refractivity contribution in [3.63, 3.8) is 0 Å². The molecular formula is C15H22N4O4. The van der Waals surface area contributed by atoms with Gasteiger partial charge >= 0.3 is 0 Å². The largest absolute Gasteiger partial charge is 0.379 e. The zero-order valence-electron chi connectivity index (χ0n) is 13.4. The average Bonchev–Trinajstić information content (AvgIpc) is 3.02. The quantitative estimate of drug-likeness (QED) is 0.753. The summed E-state index contributed by atoms with van der Waals surface area (Å²) in [5, 5.41) is 3.74. The molecule has 0 aliphatic carbocycles. The maximum absolute atomic E-state index is 12.3. The summed E-state index contributed by atoms with van der Waals surface area (Å²) in [6.45, 7) is 7.34. The van der Waals surface area contributed by atoms with Gasteiger partial charge in [-0.15, -0.1) is 0 Å². The summed E-state index contributed by atoms with van der Waals surface area (Å²) in [4.78, 5) is 30.2. The second-order valence-corrected chi connectivity index (χ2v) is 5.89. The zero-order chi connectivity index (χ0) is 16.2. The molecule has 8 nitrogen and oxygen atoms in total. The number of carbonyl (C=O) groups excluding carboxylic acids is 2. The van der Waals surface area contributed by atoms with E-state index < -0.39 is 0 Å². The Kier molecular flexibility index (Phi) is 4.92. The highest BCUT2D eigenvalue weighted by molar-refractivity contribution is 5.91. The Labute approximate surface area is 134 Å². The van der Waals surface area contributed by atoms with Gasteiger partial charge in [0.15, 0.2) is 0 Å². The van der Waals surface area contributed by atoms with Gasteiger partial charge in [-0.05, 0) is 6.92 Å². The Morgan fingerprint density at radius 3 is 2.35 bits per heavy atom. The molecule has 0 unspecified atom stereocenters. The molecule has 126 valence electrons. The average molecular weight is 322 g/mol. The second-order valence-electron chi connectivity index (χ2n) is 5.89. The van der Waals surface area contributed by atoms with Crippen LogP contribution in [0.3, 0.4) is 0 Å². The molecule has 1 aromatic heterocycles. The van der Waals surface area contributed by atoms with E-state index in [9.17, 15) is 9.59 Å². The van der Waals surface area contributed by atoms with Crippen molar-refractivity contribution in [2.75, 3.05) is 59.0 Å². The highest BCUT2D eigenvalue weighted by Gasteiger charge is 2.27. The lowest BCUT2D eigenvalue weighted by molar-refractivity contribution is -0.134. The molecule has 0 bridgehead atoms. The van der Waals surface area contributed by atoms with Crippen molar-refractivity contribution in [1.29, 1.82) is 0 Å². The molecule has 0 atom stereocenters. The number of amides is 2. The van der Waals surface area contributed by atoms with E-state index in [2.05, 4.69) is 10.1 Å². The van der Waals surface area contributed by atoms with E-state index in [4.69, 9.17) is 9.26 Å². The predicted molar refractivity (Wildman–Crippen MR) is 81.0 cm³/mol. The van der Waals surface area contributed by atoms with Crippen molar-refractivity contribution in [1.82, 2.24) is 19.9 Å². The molecule has 0 saturated carbocycles. The maximum atomic E-state index is 12.3.